The van der Waals surface area contributed by atoms with Crippen LogP contribution < -0.4 is 31.5 Å². The van der Waals surface area contributed by atoms with Crippen molar-refractivity contribution in [3.63, 3.8) is 0 Å². The van der Waals surface area contributed by atoms with Crippen LogP contribution in [0, 0.1) is 74.5 Å². The van der Waals surface area contributed by atoms with Crippen molar-refractivity contribution in [3.8, 4) is 18.2 Å². The van der Waals surface area contributed by atoms with E-state index in [9.17, 15) is 39.8 Å². The predicted molar refractivity (Wildman–Crippen MR) is 369 cm³/mol. The molecule has 2 amide bonds. The molecule has 0 radical (unpaired) electrons. The molecule has 10 rings (SSSR count). The topological polar surface area (TPSA) is 263 Å². The molecule has 3 aliphatic carbocycles. The van der Waals surface area contributed by atoms with E-state index in [-0.39, 0.29) is 62.3 Å². The maximum absolute atomic E-state index is 13.2. The van der Waals surface area contributed by atoms with Crippen LogP contribution in [0.4, 0.5) is 51.2 Å². The monoisotopic (exact) mass is 1240 g/mol. The third-order valence-corrected chi connectivity index (χ3v) is 15.5. The number of carbonyl (C=O) groups is 5. The van der Waals surface area contributed by atoms with Crippen LogP contribution in [0.5, 0.6) is 0 Å². The van der Waals surface area contributed by atoms with Gasteiger partial charge in [0.1, 0.15) is 5.57 Å². The summed E-state index contributed by atoms with van der Waals surface area (Å²) < 4.78 is 0. The molecule has 5 N–H and O–H groups in total. The number of anilines is 7. The quantitative estimate of drug-likeness (QED) is 0.0363. The van der Waals surface area contributed by atoms with Crippen LogP contribution in [0.2, 0.25) is 0 Å². The summed E-state index contributed by atoms with van der Waals surface area (Å²) in [5.41, 5.74) is 16.9. The molecule has 19 nitrogen and oxygen atoms in total. The molecule has 0 aromatic heterocycles. The van der Waals surface area contributed by atoms with E-state index in [0.717, 1.165) is 59.8 Å². The van der Waals surface area contributed by atoms with E-state index in [2.05, 4.69) is 66.3 Å². The van der Waals surface area contributed by atoms with Gasteiger partial charge in [0, 0.05) is 89.4 Å². The average Bonchev–Trinajstić information content (AvgIpc) is 1.26. The zero-order chi connectivity index (χ0) is 67.9. The van der Waals surface area contributed by atoms with Gasteiger partial charge in [-0.3, -0.25) is 19.2 Å². The van der Waals surface area contributed by atoms with E-state index in [1.54, 1.807) is 66.7 Å². The number of allylic oxidation sites excluding steroid dienone is 7. The minimum atomic E-state index is -0.703. The molecule has 0 spiro atoms. The Balaban J connectivity index is 0.000000184. The van der Waals surface area contributed by atoms with Gasteiger partial charge < -0.3 is 36.3 Å². The molecule has 0 aliphatic heterocycles. The number of amides is 2. The number of nitrogen functional groups attached to an aromatic ring is 1. The number of nitrogens with two attached hydrogens (primary N) is 1. The maximum Gasteiger partial charge on any atom is 0.271 e. The van der Waals surface area contributed by atoms with Crippen molar-refractivity contribution in [1.29, 1.82) is 15.8 Å². The van der Waals surface area contributed by atoms with Crippen molar-refractivity contribution < 1.29 is 24.0 Å². The number of fused-ring (bicyclic) bond motifs is 3. The van der Waals surface area contributed by atoms with E-state index >= 15 is 0 Å². The normalized spacial score (nSPS) is 13.9. The Bertz CT molecular complexity index is 4620. The Morgan fingerprint density at radius 3 is 1.67 bits per heavy atom. The van der Waals surface area contributed by atoms with E-state index in [0.29, 0.717) is 50.8 Å². The molecule has 0 fully saturated rings. The zero-order valence-electron chi connectivity index (χ0n) is 52.9. The molecule has 0 saturated heterocycles. The fourth-order valence-electron chi connectivity index (χ4n) is 11.0. The van der Waals surface area contributed by atoms with Crippen LogP contribution >= 0.6 is 0 Å². The van der Waals surface area contributed by atoms with E-state index in [1.165, 1.54) is 18.7 Å². The first kappa shape index (κ1) is 66.9. The Kier molecular flexibility index (Phi) is 21.3. The van der Waals surface area contributed by atoms with Crippen LogP contribution in [0.15, 0.2) is 190 Å². The summed E-state index contributed by atoms with van der Waals surface area (Å²) in [6.07, 6.45) is 1.62. The lowest BCUT2D eigenvalue weighted by atomic mass is 9.85. The lowest BCUT2D eigenvalue weighted by molar-refractivity contribution is -0.114. The van der Waals surface area contributed by atoms with E-state index in [1.807, 2.05) is 120 Å². The third kappa shape index (κ3) is 14.0. The number of hydrogen-bond donors (Lipinski definition) is 4. The highest BCUT2D eigenvalue weighted by Crippen LogP contribution is 2.45. The van der Waals surface area contributed by atoms with Crippen molar-refractivity contribution in [2.24, 2.45) is 9.98 Å². The molecule has 0 bridgehead atoms. The van der Waals surface area contributed by atoms with Gasteiger partial charge in [0.2, 0.25) is 5.91 Å². The predicted octanol–water partition coefficient (Wildman–Crippen LogP) is 15.0. The molecular formula is C75H62N14O5. The summed E-state index contributed by atoms with van der Waals surface area (Å²) in [5, 5.41) is 37.2. The van der Waals surface area contributed by atoms with Crippen molar-refractivity contribution in [1.82, 2.24) is 0 Å². The number of para-hydroxylation sites is 1. The SMILES string of the molecule is CCN(CC)c1cc(C)c(N=C2C=C(C(=O)Nc3ccc(C)cc3)C(=O)c3ccccc32)c(C)c1.[C-]#[N+]/C(C#N)=C1/C(=Nc2ccc(N(CC)CC)cc2NC(C)=O)/C(=C(\C#N)[N+]#[C-])c2ccccc21.[C-]#[N+]C1=C(C#N)C(=O)c2c(Nc3ccccc3)ccc(N)c2C1=O. The molecule has 7 aromatic rings. The summed E-state index contributed by atoms with van der Waals surface area (Å²) in [6, 6.07) is 49.1. The van der Waals surface area contributed by atoms with Gasteiger partial charge in [-0.15, -0.1) is 0 Å². The second kappa shape index (κ2) is 30.0. The van der Waals surface area contributed by atoms with Crippen molar-refractivity contribution in [2.75, 3.05) is 57.7 Å². The standard InChI is InChI=1S/C30H31N3O2.C27H21N7O.C18H10N4O2/c1-6-33(7-2)23-16-20(4)28(21(5)17-23)32-27-18-26(29(34)25-11-9-8-10-24(25)27)30(35)31-22-14-12-19(3)13-15-22;1-6-34(7-2)18-12-13-21(22(14-18)32-17(3)35)33-27-25(23(15-28)30-4)19-10-8-9-11-20(19)26(27)24(16-29)31-5;1-21-16-11(9-19)17(23)15-13(22-10-5-3-2-4-6-10)8-7-12(20)14(15)18(16)24/h8-18H,6-7H2,1-5H3,(H,31,35);8-14H,6-7H2,1-3H3,(H,32,35);2-8,22H,20H2/b;25-23+,26-24+;. The summed E-state index contributed by atoms with van der Waals surface area (Å²) in [6.45, 7) is 41.4. The number of aryl methyl sites for hydroxylation is 3. The number of carbonyl (C=O) groups excluding carboxylic acids is 5. The number of benzene rings is 7. The molecule has 19 heteroatoms. The molecular weight excluding hydrogens is 1180 g/mol. The fourth-order valence-corrected chi connectivity index (χ4v) is 11.0. The van der Waals surface area contributed by atoms with Gasteiger partial charge >= 0.3 is 0 Å². The summed E-state index contributed by atoms with van der Waals surface area (Å²) in [7, 11) is 0. The van der Waals surface area contributed by atoms with E-state index < -0.39 is 28.7 Å². The molecule has 3 aliphatic rings. The molecule has 94 heavy (non-hydrogen) atoms. The number of aliphatic imine (C=N–C) groups is 2. The highest BCUT2D eigenvalue weighted by Gasteiger charge is 2.37. The number of nitrogens with zero attached hydrogens (tertiary/aromatic N) is 10. The van der Waals surface area contributed by atoms with Crippen LogP contribution in [0.3, 0.4) is 0 Å². The number of hydrogen-bond acceptors (Lipinski definition) is 14. The number of nitrogens with one attached hydrogen (secondary N) is 3. The van der Waals surface area contributed by atoms with Gasteiger partial charge in [0.25, 0.3) is 23.0 Å². The second-order valence-corrected chi connectivity index (χ2v) is 21.4. The lowest BCUT2D eigenvalue weighted by Crippen LogP contribution is -2.26. The first-order chi connectivity index (χ1) is 45.3. The van der Waals surface area contributed by atoms with E-state index in [4.69, 9.17) is 35.4 Å². The molecule has 462 valence electrons. The van der Waals surface area contributed by atoms with Crippen LogP contribution in [-0.4, -0.2) is 66.8 Å². The summed E-state index contributed by atoms with van der Waals surface area (Å²) >= 11 is 0. The van der Waals surface area contributed by atoms with Gasteiger partial charge in [-0.05, 0) is 144 Å². The first-order valence-corrected chi connectivity index (χ1v) is 29.8. The van der Waals surface area contributed by atoms with Gasteiger partial charge in [-0.1, -0.05) is 84.4 Å². The third-order valence-electron chi connectivity index (χ3n) is 15.5. The van der Waals surface area contributed by atoms with Crippen LogP contribution in [0.25, 0.3) is 25.7 Å². The fraction of sp³-hybridized carbons (Fsp3) is 0.160. The highest BCUT2D eigenvalue weighted by molar-refractivity contribution is 6.52. The zero-order valence-corrected chi connectivity index (χ0v) is 52.9. The second-order valence-electron chi connectivity index (χ2n) is 21.4. The molecule has 0 saturated carbocycles. The Labute approximate surface area is 545 Å². The van der Waals surface area contributed by atoms with Crippen molar-refractivity contribution >= 4 is 103 Å². The highest BCUT2D eigenvalue weighted by atomic mass is 16.2. The Morgan fingerprint density at radius 1 is 0.585 bits per heavy atom. The molecule has 0 heterocycles. The largest absolute Gasteiger partial charge is 0.398 e. The maximum atomic E-state index is 13.2. The van der Waals surface area contributed by atoms with Gasteiger partial charge in [-0.2, -0.15) is 5.26 Å². The Hall–Kier alpha value is -13.1. The average molecular weight is 1240 g/mol. The molecule has 7 aromatic carbocycles. The van der Waals surface area contributed by atoms with Gasteiger partial charge in [0.15, 0.2) is 17.3 Å². The van der Waals surface area contributed by atoms with Gasteiger partial charge in [-0.25, -0.2) is 35.0 Å². The van der Waals surface area contributed by atoms with Crippen molar-refractivity contribution in [3.05, 3.63) is 264 Å². The smallest absolute Gasteiger partial charge is 0.271 e. The number of nitriles is 3. The Morgan fingerprint density at radius 2 is 1.14 bits per heavy atom. The summed E-state index contributed by atoms with van der Waals surface area (Å²) in [4.78, 5) is 87.5. The van der Waals surface area contributed by atoms with Gasteiger partial charge in [0.05, 0.1) is 83.2 Å². The minimum absolute atomic E-state index is 0.0211. The van der Waals surface area contributed by atoms with Crippen LogP contribution in [0.1, 0.15) is 99.1 Å². The molecule has 0 atom stereocenters. The first-order valence-electron chi connectivity index (χ1n) is 29.8. The van der Waals surface area contributed by atoms with Crippen molar-refractivity contribution in [2.45, 2.75) is 55.4 Å². The molecule has 0 unspecified atom stereocenters. The minimum Gasteiger partial charge on any atom is -0.398 e. The number of Topliss-reactive ketones (excluding diaryl/α,β-unsaturated/α-hetero) is 3. The number of ketones is 3. The van der Waals surface area contributed by atoms with Crippen LogP contribution in [-0.2, 0) is 9.59 Å². The summed E-state index contributed by atoms with van der Waals surface area (Å²) in [5.74, 6) is -2.41. The lowest BCUT2D eigenvalue weighted by Gasteiger charge is -2.23. The number of rotatable bonds is 13.